The van der Waals surface area contributed by atoms with Crippen LogP contribution in [0, 0.1) is 0 Å². The summed E-state index contributed by atoms with van der Waals surface area (Å²) >= 11 is -3.18. The van der Waals surface area contributed by atoms with Gasteiger partial charge >= 0.3 is 0 Å². The van der Waals surface area contributed by atoms with E-state index in [2.05, 4.69) is 8.47 Å². The van der Waals surface area contributed by atoms with Crippen molar-refractivity contribution in [3.63, 3.8) is 0 Å². The van der Waals surface area contributed by atoms with Gasteiger partial charge in [0.1, 0.15) is 0 Å². The molecule has 0 fully saturated rings. The molecule has 0 saturated carbocycles. The van der Waals surface area contributed by atoms with Crippen LogP contribution in [0.4, 0.5) is 0 Å². The Balaban J connectivity index is 3.28. The van der Waals surface area contributed by atoms with Gasteiger partial charge in [0.25, 0.3) is 11.3 Å². The van der Waals surface area contributed by atoms with E-state index in [9.17, 15) is 8.42 Å². The maximum absolute atomic E-state index is 10.2. The van der Waals surface area contributed by atoms with Gasteiger partial charge in [-0.3, -0.25) is 4.18 Å². The molecule has 56 valence electrons. The topological polar surface area (TPSA) is 64.6 Å². The first-order valence-corrected chi connectivity index (χ1v) is 4.45. The molecule has 0 spiro atoms. The van der Waals surface area contributed by atoms with E-state index in [1.807, 2.05) is 4.89 Å². The van der Waals surface area contributed by atoms with E-state index >= 15 is 0 Å². The number of nitrogens with one attached hydrogen (secondary N) is 1. The van der Waals surface area contributed by atoms with Gasteiger partial charge in [0.15, 0.2) is 11.1 Å². The Kier molecular flexibility index (Phi) is 5.10. The van der Waals surface area contributed by atoms with Gasteiger partial charge in [-0.1, -0.05) is 4.89 Å². The monoisotopic (exact) mass is 173 g/mol. The fraction of sp³-hybridized carbons (Fsp3) is 1.00. The van der Waals surface area contributed by atoms with Gasteiger partial charge in [0, 0.05) is 6.26 Å². The first-order chi connectivity index (χ1) is 4.16. The predicted molar refractivity (Wildman–Crippen MR) is 33.4 cm³/mol. The fourth-order valence-electron chi connectivity index (χ4n) is 0.110. The van der Waals surface area contributed by atoms with Crippen LogP contribution in [-0.4, -0.2) is 21.8 Å². The summed E-state index contributed by atoms with van der Waals surface area (Å²) in [5.41, 5.74) is 0. The maximum Gasteiger partial charge on any atom is 0.259 e. The molecule has 7 heteroatoms. The summed E-state index contributed by atoms with van der Waals surface area (Å²) in [5.74, 6) is 0. The van der Waals surface area contributed by atoms with Crippen molar-refractivity contribution in [2.75, 3.05) is 13.4 Å². The van der Waals surface area contributed by atoms with E-state index in [1.54, 1.807) is 0 Å². The van der Waals surface area contributed by atoms with Crippen molar-refractivity contribution in [2.45, 2.75) is 0 Å². The summed E-state index contributed by atoms with van der Waals surface area (Å²) in [6.45, 7) is 0. The first-order valence-electron chi connectivity index (χ1n) is 1.89. The van der Waals surface area contributed by atoms with Crippen molar-refractivity contribution in [1.82, 2.24) is 4.89 Å². The zero-order valence-electron chi connectivity index (χ0n) is 4.95. The van der Waals surface area contributed by atoms with Crippen molar-refractivity contribution in [2.24, 2.45) is 0 Å². The third-order valence-electron chi connectivity index (χ3n) is 0.371. The number of hydrogen-bond donors (Lipinski definition) is 1. The Labute approximate surface area is 58.1 Å². The van der Waals surface area contributed by atoms with Crippen LogP contribution in [0.3, 0.4) is 0 Å². The molecule has 0 heterocycles. The second-order valence-electron chi connectivity index (χ2n) is 0.969. The van der Waals surface area contributed by atoms with Crippen molar-refractivity contribution in [3.8, 4) is 0 Å². The van der Waals surface area contributed by atoms with Crippen LogP contribution >= 0.6 is 0 Å². The molecule has 2 unspecified atom stereocenters. The Morgan fingerprint density at radius 3 is 2.33 bits per heavy atom. The third kappa shape index (κ3) is 6.06. The van der Waals surface area contributed by atoms with Gasteiger partial charge in [0.2, 0.25) is 0 Å². The van der Waals surface area contributed by atoms with Crippen LogP contribution in [0.25, 0.3) is 0 Å². The fourth-order valence-corrected chi connectivity index (χ4v) is 0.783. The minimum absolute atomic E-state index is 1.23. The Morgan fingerprint density at radius 1 is 1.44 bits per heavy atom. The summed E-state index contributed by atoms with van der Waals surface area (Å²) in [5, 5.41) is 0. The SMILES string of the molecule is COS(=O)NOS(C)=O. The lowest BCUT2D eigenvalue weighted by molar-refractivity contribution is 0.285. The zero-order valence-corrected chi connectivity index (χ0v) is 6.58. The molecular formula is C2H7NO4S2. The van der Waals surface area contributed by atoms with E-state index < -0.39 is 22.3 Å². The molecule has 2 atom stereocenters. The van der Waals surface area contributed by atoms with E-state index in [1.165, 1.54) is 13.4 Å². The maximum atomic E-state index is 10.2. The summed E-state index contributed by atoms with van der Waals surface area (Å²) in [6.07, 6.45) is 1.29. The Hall–Kier alpha value is 0.180. The minimum atomic E-state index is -1.71. The molecule has 0 aromatic heterocycles. The number of rotatable bonds is 4. The molecule has 0 rings (SSSR count). The molecule has 0 radical (unpaired) electrons. The Morgan fingerprint density at radius 2 is 2.00 bits per heavy atom. The lowest BCUT2D eigenvalue weighted by Gasteiger charge is -1.96. The summed E-state index contributed by atoms with van der Waals surface area (Å²) < 4.78 is 28.7. The molecule has 0 aromatic carbocycles. The van der Waals surface area contributed by atoms with E-state index in [0.29, 0.717) is 0 Å². The molecular weight excluding hydrogens is 166 g/mol. The normalized spacial score (nSPS) is 17.1. The van der Waals surface area contributed by atoms with Crippen LogP contribution in [0.1, 0.15) is 0 Å². The van der Waals surface area contributed by atoms with Crippen LogP contribution < -0.4 is 4.89 Å². The largest absolute Gasteiger partial charge is 0.280 e. The van der Waals surface area contributed by atoms with Crippen molar-refractivity contribution in [1.29, 1.82) is 0 Å². The minimum Gasteiger partial charge on any atom is -0.280 e. The molecule has 0 amide bonds. The lowest BCUT2D eigenvalue weighted by atomic mass is 11.8. The third-order valence-corrected chi connectivity index (χ3v) is 1.32. The molecule has 0 aromatic rings. The highest BCUT2D eigenvalue weighted by Gasteiger charge is 1.95. The molecule has 0 aliphatic carbocycles. The standard InChI is InChI=1S/C2H7NO4S2/c1-6-9(5)3-7-8(2)4/h3H,1-2H3. The summed E-state index contributed by atoms with van der Waals surface area (Å²) in [7, 11) is 1.23. The van der Waals surface area contributed by atoms with E-state index in [4.69, 9.17) is 0 Å². The molecule has 9 heavy (non-hydrogen) atoms. The highest BCUT2D eigenvalue weighted by atomic mass is 32.2. The average Bonchev–Trinajstić information content (AvgIpc) is 1.83. The first kappa shape index (κ1) is 9.18. The molecule has 0 aliphatic rings. The average molecular weight is 173 g/mol. The highest BCUT2D eigenvalue weighted by Crippen LogP contribution is 1.77. The van der Waals surface area contributed by atoms with Crippen LogP contribution in [0.15, 0.2) is 0 Å². The molecule has 0 bridgehead atoms. The van der Waals surface area contributed by atoms with Gasteiger partial charge in [-0.05, 0) is 0 Å². The highest BCUT2D eigenvalue weighted by molar-refractivity contribution is 7.81. The van der Waals surface area contributed by atoms with Crippen molar-refractivity contribution in [3.05, 3.63) is 0 Å². The van der Waals surface area contributed by atoms with Gasteiger partial charge < -0.3 is 0 Å². The quantitative estimate of drug-likeness (QED) is 0.555. The predicted octanol–water partition coefficient (Wildman–Crippen LogP) is -0.974. The number of hydrogen-bond acceptors (Lipinski definition) is 4. The van der Waals surface area contributed by atoms with Crippen molar-refractivity contribution >= 4 is 22.3 Å². The van der Waals surface area contributed by atoms with E-state index in [0.717, 1.165) is 0 Å². The second-order valence-corrected chi connectivity index (χ2v) is 2.91. The van der Waals surface area contributed by atoms with Crippen LogP contribution in [0.5, 0.6) is 0 Å². The smallest absolute Gasteiger partial charge is 0.259 e. The van der Waals surface area contributed by atoms with Crippen LogP contribution in [0.2, 0.25) is 0 Å². The van der Waals surface area contributed by atoms with Gasteiger partial charge in [-0.25, -0.2) is 8.42 Å². The Bertz CT molecular complexity index is 126. The summed E-state index contributed by atoms with van der Waals surface area (Å²) in [4.78, 5) is 1.88. The molecule has 0 aliphatic heterocycles. The van der Waals surface area contributed by atoms with Crippen LogP contribution in [-0.2, 0) is 30.8 Å². The van der Waals surface area contributed by atoms with Gasteiger partial charge in [0.05, 0.1) is 7.11 Å². The second kappa shape index (κ2) is 5.00. The van der Waals surface area contributed by atoms with Gasteiger partial charge in [-0.2, -0.15) is 4.28 Å². The molecule has 5 nitrogen and oxygen atoms in total. The van der Waals surface area contributed by atoms with Gasteiger partial charge in [-0.15, -0.1) is 0 Å². The zero-order chi connectivity index (χ0) is 7.28. The van der Waals surface area contributed by atoms with E-state index in [-0.39, 0.29) is 0 Å². The molecule has 1 N–H and O–H groups in total. The summed E-state index contributed by atoms with van der Waals surface area (Å²) in [6, 6.07) is 0. The van der Waals surface area contributed by atoms with Crippen molar-refractivity contribution < 1.29 is 16.9 Å². The molecule has 0 saturated heterocycles. The lowest BCUT2D eigenvalue weighted by Crippen LogP contribution is -2.19.